The van der Waals surface area contributed by atoms with Crippen molar-refractivity contribution in [1.82, 2.24) is 15.6 Å². The molecule has 0 radical (unpaired) electrons. The Morgan fingerprint density at radius 3 is 2.18 bits per heavy atom. The van der Waals surface area contributed by atoms with Gasteiger partial charge in [0, 0.05) is 17.3 Å². The van der Waals surface area contributed by atoms with Gasteiger partial charge in [-0.1, -0.05) is 44.2 Å². The lowest BCUT2D eigenvalue weighted by Crippen LogP contribution is -2.52. The maximum atomic E-state index is 13.9. The van der Waals surface area contributed by atoms with Gasteiger partial charge in [0.1, 0.15) is 5.54 Å². The first-order chi connectivity index (χ1) is 15.9. The molecule has 0 unspecified atom stereocenters. The standard InChI is InChI=1S/C25H27F3N4O2/c1-15(2)12-21(32-24(14-29)10-11-24)23(34)31-22(25(26,27)28)20-9-8-19(13-30-20)18-6-4-17(5-7-18)16(3)33/h4-9,13,15,21-22,32H,10-12H2,1-3H3,(H,31,34)/t21-,22-/m0/s1. The predicted octanol–water partition coefficient (Wildman–Crippen LogP) is 4.73. The number of carbonyl (C=O) groups excluding carboxylic acids is 2. The highest BCUT2D eigenvalue weighted by Gasteiger charge is 2.48. The van der Waals surface area contributed by atoms with Gasteiger partial charge in [-0.15, -0.1) is 0 Å². The topological polar surface area (TPSA) is 94.9 Å². The van der Waals surface area contributed by atoms with E-state index in [1.165, 1.54) is 25.3 Å². The van der Waals surface area contributed by atoms with Gasteiger partial charge in [-0.25, -0.2) is 0 Å². The molecule has 1 aromatic heterocycles. The molecule has 180 valence electrons. The maximum absolute atomic E-state index is 13.9. The molecule has 1 amide bonds. The molecule has 1 heterocycles. The molecule has 2 N–H and O–H groups in total. The molecule has 0 saturated heterocycles. The van der Waals surface area contributed by atoms with Gasteiger partial charge in [-0.05, 0) is 43.7 Å². The largest absolute Gasteiger partial charge is 0.414 e. The van der Waals surface area contributed by atoms with Gasteiger partial charge >= 0.3 is 6.18 Å². The Morgan fingerprint density at radius 2 is 1.74 bits per heavy atom. The third kappa shape index (κ3) is 6.20. The van der Waals surface area contributed by atoms with Crippen molar-refractivity contribution in [3.63, 3.8) is 0 Å². The number of ketones is 1. The Labute approximate surface area is 196 Å². The van der Waals surface area contributed by atoms with Crippen LogP contribution in [-0.2, 0) is 4.79 Å². The summed E-state index contributed by atoms with van der Waals surface area (Å²) in [5, 5.41) is 14.4. The molecule has 1 fully saturated rings. The lowest BCUT2D eigenvalue weighted by Gasteiger charge is -2.27. The number of hydrogen-bond donors (Lipinski definition) is 2. The average Bonchev–Trinajstić information content (AvgIpc) is 3.56. The summed E-state index contributed by atoms with van der Waals surface area (Å²) in [6, 6.07) is 8.30. The van der Waals surface area contributed by atoms with Crippen LogP contribution in [0.4, 0.5) is 13.2 Å². The Balaban J connectivity index is 1.80. The molecule has 0 bridgehead atoms. The monoisotopic (exact) mass is 472 g/mol. The minimum Gasteiger partial charge on any atom is -0.338 e. The Kier molecular flexibility index (Phi) is 7.41. The van der Waals surface area contributed by atoms with E-state index in [-0.39, 0.29) is 17.4 Å². The highest BCUT2D eigenvalue weighted by Crippen LogP contribution is 2.36. The quantitative estimate of drug-likeness (QED) is 0.515. The van der Waals surface area contributed by atoms with Crippen molar-refractivity contribution in [3.8, 4) is 17.2 Å². The van der Waals surface area contributed by atoms with Gasteiger partial charge in [-0.2, -0.15) is 18.4 Å². The van der Waals surface area contributed by atoms with E-state index in [0.717, 1.165) is 0 Å². The van der Waals surface area contributed by atoms with E-state index in [4.69, 9.17) is 0 Å². The van der Waals surface area contributed by atoms with Crippen LogP contribution in [0.5, 0.6) is 0 Å². The Hall–Kier alpha value is -3.25. The predicted molar refractivity (Wildman–Crippen MR) is 121 cm³/mol. The van der Waals surface area contributed by atoms with Crippen molar-refractivity contribution in [1.29, 1.82) is 5.26 Å². The molecule has 34 heavy (non-hydrogen) atoms. The zero-order chi connectivity index (χ0) is 25.1. The third-order valence-electron chi connectivity index (χ3n) is 5.76. The van der Waals surface area contributed by atoms with Crippen molar-refractivity contribution >= 4 is 11.7 Å². The molecular weight excluding hydrogens is 445 g/mol. The van der Waals surface area contributed by atoms with E-state index in [1.807, 2.05) is 13.8 Å². The molecular formula is C25H27F3N4O2. The normalized spacial score (nSPS) is 16.4. The van der Waals surface area contributed by atoms with Gasteiger partial charge in [0.05, 0.1) is 17.8 Å². The molecule has 1 saturated carbocycles. The molecule has 9 heteroatoms. The van der Waals surface area contributed by atoms with Crippen molar-refractivity contribution in [3.05, 3.63) is 53.9 Å². The molecule has 1 aliphatic rings. The summed E-state index contributed by atoms with van der Waals surface area (Å²) in [4.78, 5) is 28.3. The van der Waals surface area contributed by atoms with Gasteiger partial charge < -0.3 is 5.32 Å². The van der Waals surface area contributed by atoms with Gasteiger partial charge in [-0.3, -0.25) is 19.9 Å². The fourth-order valence-corrected chi connectivity index (χ4v) is 3.66. The number of amides is 1. The summed E-state index contributed by atoms with van der Waals surface area (Å²) in [6.07, 6.45) is -2.04. The first-order valence-electron chi connectivity index (χ1n) is 11.1. The number of benzene rings is 1. The summed E-state index contributed by atoms with van der Waals surface area (Å²) < 4.78 is 41.7. The summed E-state index contributed by atoms with van der Waals surface area (Å²) in [6.45, 7) is 5.17. The molecule has 0 aliphatic heterocycles. The minimum atomic E-state index is -4.76. The summed E-state index contributed by atoms with van der Waals surface area (Å²) in [5.41, 5.74) is 0.624. The lowest BCUT2D eigenvalue weighted by atomic mass is 10.0. The van der Waals surface area contributed by atoms with Gasteiger partial charge in [0.25, 0.3) is 0 Å². The molecule has 3 rings (SSSR count). The van der Waals surface area contributed by atoms with Crippen LogP contribution >= 0.6 is 0 Å². The summed E-state index contributed by atoms with van der Waals surface area (Å²) in [7, 11) is 0. The number of carbonyl (C=O) groups is 2. The van der Waals surface area contributed by atoms with Crippen LogP contribution in [0.25, 0.3) is 11.1 Å². The lowest BCUT2D eigenvalue weighted by molar-refractivity contribution is -0.165. The average molecular weight is 473 g/mol. The number of nitriles is 1. The summed E-state index contributed by atoms with van der Waals surface area (Å²) >= 11 is 0. The van der Waals surface area contributed by atoms with Crippen LogP contribution in [0.1, 0.15) is 62.1 Å². The summed E-state index contributed by atoms with van der Waals surface area (Å²) in [5.74, 6) is -0.867. The third-order valence-corrected chi connectivity index (χ3v) is 5.76. The zero-order valence-electron chi connectivity index (χ0n) is 19.2. The number of rotatable bonds is 9. The van der Waals surface area contributed by atoms with Crippen LogP contribution in [0.15, 0.2) is 42.6 Å². The van der Waals surface area contributed by atoms with E-state index in [2.05, 4.69) is 21.7 Å². The number of Topliss-reactive ketones (excluding diaryl/α,β-unsaturated/α-hetero) is 1. The van der Waals surface area contributed by atoms with E-state index in [1.54, 1.807) is 24.3 Å². The SMILES string of the molecule is CC(=O)c1ccc(-c2ccc([C@H](NC(=O)[C@H](CC(C)C)NC3(C#N)CC3)C(F)(F)F)nc2)cc1. The van der Waals surface area contributed by atoms with Crippen LogP contribution in [0.2, 0.25) is 0 Å². The fraction of sp³-hybridized carbons (Fsp3) is 0.440. The van der Waals surface area contributed by atoms with Crippen molar-refractivity contribution in [2.75, 3.05) is 0 Å². The van der Waals surface area contributed by atoms with Crippen LogP contribution in [0, 0.1) is 17.2 Å². The van der Waals surface area contributed by atoms with E-state index < -0.39 is 29.7 Å². The van der Waals surface area contributed by atoms with Crippen molar-refractivity contribution < 1.29 is 22.8 Å². The number of pyridine rings is 1. The van der Waals surface area contributed by atoms with E-state index in [9.17, 15) is 28.0 Å². The molecule has 1 aliphatic carbocycles. The second-order valence-corrected chi connectivity index (χ2v) is 9.11. The number of nitrogens with zero attached hydrogens (tertiary/aromatic N) is 2. The highest BCUT2D eigenvalue weighted by atomic mass is 19.4. The first kappa shape index (κ1) is 25.4. The maximum Gasteiger partial charge on any atom is 0.414 e. The van der Waals surface area contributed by atoms with Gasteiger partial charge in [0.2, 0.25) is 5.91 Å². The number of alkyl halides is 3. The molecule has 2 atom stereocenters. The smallest absolute Gasteiger partial charge is 0.338 e. The number of halogens is 3. The second kappa shape index (κ2) is 9.94. The van der Waals surface area contributed by atoms with Crippen molar-refractivity contribution in [2.45, 2.75) is 63.8 Å². The van der Waals surface area contributed by atoms with Crippen LogP contribution in [0.3, 0.4) is 0 Å². The highest BCUT2D eigenvalue weighted by molar-refractivity contribution is 5.94. The molecule has 2 aromatic rings. The van der Waals surface area contributed by atoms with E-state index in [0.29, 0.717) is 36.0 Å². The zero-order valence-corrected chi connectivity index (χ0v) is 19.2. The van der Waals surface area contributed by atoms with Gasteiger partial charge in [0.15, 0.2) is 11.8 Å². The second-order valence-electron chi connectivity index (χ2n) is 9.11. The van der Waals surface area contributed by atoms with Crippen LogP contribution < -0.4 is 10.6 Å². The number of hydrogen-bond acceptors (Lipinski definition) is 5. The molecule has 1 aromatic carbocycles. The Bertz CT molecular complexity index is 1070. The van der Waals surface area contributed by atoms with E-state index >= 15 is 0 Å². The molecule has 6 nitrogen and oxygen atoms in total. The first-order valence-corrected chi connectivity index (χ1v) is 11.1. The van der Waals surface area contributed by atoms with Crippen molar-refractivity contribution in [2.24, 2.45) is 5.92 Å². The minimum absolute atomic E-state index is 0.0360. The fourth-order valence-electron chi connectivity index (χ4n) is 3.66. The number of nitrogens with one attached hydrogen (secondary N) is 2. The Morgan fingerprint density at radius 1 is 1.12 bits per heavy atom. The van der Waals surface area contributed by atoms with Crippen LogP contribution in [-0.4, -0.2) is 34.4 Å². The number of aromatic nitrogens is 1. The molecule has 0 spiro atoms.